The van der Waals surface area contributed by atoms with Crippen molar-refractivity contribution < 1.29 is 34.2 Å². The lowest BCUT2D eigenvalue weighted by Gasteiger charge is -2.10. The van der Waals surface area contributed by atoms with Crippen molar-refractivity contribution in [2.24, 2.45) is 0 Å². The van der Waals surface area contributed by atoms with Crippen LogP contribution in [0.1, 0.15) is 6.42 Å². The summed E-state index contributed by atoms with van der Waals surface area (Å²) in [6, 6.07) is 0. The molecule has 1 atom stereocenters. The van der Waals surface area contributed by atoms with E-state index < -0.39 is 31.6 Å². The molecule has 0 saturated heterocycles. The minimum absolute atomic E-state index is 1.08. The van der Waals surface area contributed by atoms with Gasteiger partial charge in [0.15, 0.2) is 5.66 Å². The summed E-state index contributed by atoms with van der Waals surface area (Å²) >= 11 is 0. The summed E-state index contributed by atoms with van der Waals surface area (Å²) in [4.78, 5) is 36.8. The molecule has 7 nitrogen and oxygen atoms in total. The zero-order valence-corrected chi connectivity index (χ0v) is 6.64. The maximum absolute atomic E-state index is 10.4. The second kappa shape index (κ2) is 3.66. The molecule has 0 spiro atoms. The van der Waals surface area contributed by atoms with E-state index >= 15 is 0 Å². The Morgan fingerprint density at radius 3 is 1.75 bits per heavy atom. The van der Waals surface area contributed by atoms with E-state index in [-0.39, 0.29) is 0 Å². The van der Waals surface area contributed by atoms with Gasteiger partial charge in [-0.25, -0.2) is 0 Å². The summed E-state index contributed by atoms with van der Waals surface area (Å²) in [6.07, 6.45) is -1.08. The lowest BCUT2D eigenvalue weighted by Crippen LogP contribution is -2.23. The van der Waals surface area contributed by atoms with Crippen LogP contribution in [0.2, 0.25) is 0 Å². The first-order valence-electron chi connectivity index (χ1n) is 2.75. The van der Waals surface area contributed by atoms with Gasteiger partial charge in [0, 0.05) is 0 Å². The van der Waals surface area contributed by atoms with Crippen LogP contribution in [-0.2, 0) is 14.2 Å². The quantitative estimate of drug-likeness (QED) is 0.430. The van der Waals surface area contributed by atoms with Crippen LogP contribution in [0.25, 0.3) is 0 Å². The summed E-state index contributed by atoms with van der Waals surface area (Å²) in [7, 11) is -4.87. The minimum Gasteiger partial charge on any atom is -0.481 e. The van der Waals surface area contributed by atoms with Crippen molar-refractivity contribution in [1.82, 2.24) is 0 Å². The summed E-state index contributed by atoms with van der Waals surface area (Å²) < 4.78 is 10.4. The Morgan fingerprint density at radius 2 is 1.67 bits per heavy atom. The predicted octanol–water partition coefficient (Wildman–Crippen LogP) is -0.908. The fourth-order valence-electron chi connectivity index (χ4n) is 0.515. The molecular formula is C4H7O7P. The molecule has 0 bridgehead atoms. The van der Waals surface area contributed by atoms with Crippen LogP contribution >= 0.6 is 7.60 Å². The smallest absolute Gasteiger partial charge is 0.340 e. The molecule has 0 heterocycles. The van der Waals surface area contributed by atoms with Gasteiger partial charge in [-0.15, -0.1) is 0 Å². The fraction of sp³-hybridized carbons (Fsp3) is 0.500. The lowest BCUT2D eigenvalue weighted by molar-refractivity contribution is -0.143. The Balaban J connectivity index is 4.58. The number of rotatable bonds is 4. The van der Waals surface area contributed by atoms with Gasteiger partial charge in [0.1, 0.15) is 0 Å². The molecule has 0 aliphatic rings. The standard InChI is InChI=1S/C4H7O7P/c5-3(6)1-2(4(7)8)12(9,10)11/h2H,1H2,(H,5,6)(H,7,8)(H2,9,10,11). The second-order valence-corrected chi connectivity index (χ2v) is 3.84. The third kappa shape index (κ3) is 3.47. The van der Waals surface area contributed by atoms with E-state index in [1.165, 1.54) is 0 Å². The summed E-state index contributed by atoms with van der Waals surface area (Å²) in [5.41, 5.74) is -2.16. The number of carboxylic acids is 2. The van der Waals surface area contributed by atoms with Crippen molar-refractivity contribution in [2.75, 3.05) is 0 Å². The molecule has 0 amide bonds. The maximum atomic E-state index is 10.4. The maximum Gasteiger partial charge on any atom is 0.340 e. The summed E-state index contributed by atoms with van der Waals surface area (Å²) in [5, 5.41) is 16.3. The van der Waals surface area contributed by atoms with Gasteiger partial charge in [-0.2, -0.15) is 0 Å². The van der Waals surface area contributed by atoms with Gasteiger partial charge in [0.2, 0.25) is 0 Å². The largest absolute Gasteiger partial charge is 0.481 e. The van der Waals surface area contributed by atoms with Gasteiger partial charge in [-0.05, 0) is 0 Å². The average Bonchev–Trinajstić information content (AvgIpc) is 1.79. The van der Waals surface area contributed by atoms with Crippen LogP contribution in [0.5, 0.6) is 0 Å². The molecule has 0 aromatic carbocycles. The molecule has 1 unspecified atom stereocenters. The second-order valence-electron chi connectivity index (χ2n) is 2.04. The monoisotopic (exact) mass is 198 g/mol. The molecule has 0 aromatic heterocycles. The lowest BCUT2D eigenvalue weighted by atomic mass is 10.3. The fourth-order valence-corrected chi connectivity index (χ4v) is 1.20. The van der Waals surface area contributed by atoms with Crippen LogP contribution in [0, 0.1) is 0 Å². The van der Waals surface area contributed by atoms with E-state index in [0.29, 0.717) is 0 Å². The highest BCUT2D eigenvalue weighted by Gasteiger charge is 2.37. The molecular weight excluding hydrogens is 191 g/mol. The zero-order valence-electron chi connectivity index (χ0n) is 5.75. The van der Waals surface area contributed by atoms with E-state index in [1.54, 1.807) is 0 Å². The molecule has 8 heteroatoms. The van der Waals surface area contributed by atoms with E-state index in [2.05, 4.69) is 0 Å². The Bertz CT molecular complexity index is 240. The first-order chi connectivity index (χ1) is 5.25. The van der Waals surface area contributed by atoms with Crippen LogP contribution in [0.3, 0.4) is 0 Å². The van der Waals surface area contributed by atoms with Crippen LogP contribution < -0.4 is 0 Å². The number of carboxylic acid groups (broad SMARTS) is 2. The number of hydrogen-bond acceptors (Lipinski definition) is 3. The Labute approximate surface area is 66.8 Å². The molecule has 0 fully saturated rings. The normalized spacial score (nSPS) is 13.8. The highest BCUT2D eigenvalue weighted by atomic mass is 31.2. The number of hydrogen-bond donors (Lipinski definition) is 4. The van der Waals surface area contributed by atoms with Crippen molar-refractivity contribution in [3.8, 4) is 0 Å². The number of aliphatic carboxylic acids is 2. The van der Waals surface area contributed by atoms with Crippen molar-refractivity contribution in [3.05, 3.63) is 0 Å². The zero-order chi connectivity index (χ0) is 9.94. The van der Waals surface area contributed by atoms with Gasteiger partial charge < -0.3 is 20.0 Å². The van der Waals surface area contributed by atoms with E-state index in [9.17, 15) is 14.2 Å². The van der Waals surface area contributed by atoms with Crippen molar-refractivity contribution in [2.45, 2.75) is 12.1 Å². The van der Waals surface area contributed by atoms with Crippen LogP contribution in [-0.4, -0.2) is 37.6 Å². The molecule has 0 rings (SSSR count). The van der Waals surface area contributed by atoms with Gasteiger partial charge >= 0.3 is 19.5 Å². The third-order valence-corrected chi connectivity index (χ3v) is 2.27. The Kier molecular flexibility index (Phi) is 3.38. The van der Waals surface area contributed by atoms with Crippen LogP contribution in [0.15, 0.2) is 0 Å². The van der Waals surface area contributed by atoms with Gasteiger partial charge in [0.25, 0.3) is 0 Å². The predicted molar refractivity (Wildman–Crippen MR) is 35.7 cm³/mol. The SMILES string of the molecule is O=C(O)CC(C(=O)O)P(=O)(O)O. The molecule has 0 saturated carbocycles. The first kappa shape index (κ1) is 11.1. The Morgan fingerprint density at radius 1 is 1.25 bits per heavy atom. The van der Waals surface area contributed by atoms with E-state index in [4.69, 9.17) is 20.0 Å². The molecule has 0 radical (unpaired) electrons. The molecule has 0 aliphatic heterocycles. The highest BCUT2D eigenvalue weighted by Crippen LogP contribution is 2.42. The summed E-state index contributed by atoms with van der Waals surface area (Å²) in [5.74, 6) is -3.38. The van der Waals surface area contributed by atoms with E-state index in [1.807, 2.05) is 0 Å². The van der Waals surface area contributed by atoms with Crippen molar-refractivity contribution in [3.63, 3.8) is 0 Å². The minimum atomic E-state index is -4.87. The molecule has 4 N–H and O–H groups in total. The van der Waals surface area contributed by atoms with Crippen LogP contribution in [0.4, 0.5) is 0 Å². The average molecular weight is 198 g/mol. The first-order valence-corrected chi connectivity index (χ1v) is 4.43. The molecule has 12 heavy (non-hydrogen) atoms. The van der Waals surface area contributed by atoms with Gasteiger partial charge in [-0.1, -0.05) is 0 Å². The van der Waals surface area contributed by atoms with Crippen molar-refractivity contribution >= 4 is 19.5 Å². The Hall–Kier alpha value is -0.910. The third-order valence-electron chi connectivity index (χ3n) is 1.06. The highest BCUT2D eigenvalue weighted by molar-refractivity contribution is 7.53. The molecule has 0 aromatic rings. The summed E-state index contributed by atoms with van der Waals surface area (Å²) in [6.45, 7) is 0. The van der Waals surface area contributed by atoms with E-state index in [0.717, 1.165) is 0 Å². The number of carbonyl (C=O) groups is 2. The van der Waals surface area contributed by atoms with Gasteiger partial charge in [-0.3, -0.25) is 14.2 Å². The van der Waals surface area contributed by atoms with Crippen molar-refractivity contribution in [1.29, 1.82) is 0 Å². The van der Waals surface area contributed by atoms with Gasteiger partial charge in [0.05, 0.1) is 6.42 Å². The molecule has 0 aliphatic carbocycles. The topological polar surface area (TPSA) is 132 Å². The molecule has 70 valence electrons.